The van der Waals surface area contributed by atoms with E-state index in [-0.39, 0.29) is 5.91 Å². The third kappa shape index (κ3) is 2.76. The molecule has 1 heterocycles. The molecule has 0 N–H and O–H groups in total. The second-order valence-corrected chi connectivity index (χ2v) is 6.51. The van der Waals surface area contributed by atoms with Gasteiger partial charge < -0.3 is 4.90 Å². The molecular formula is C16H14BrNOS. The summed E-state index contributed by atoms with van der Waals surface area (Å²) in [6.45, 7) is 0.800. The number of nitrogens with zero attached hydrogens (tertiary/aromatic N) is 1. The van der Waals surface area contributed by atoms with E-state index in [1.807, 2.05) is 47.4 Å². The van der Waals surface area contributed by atoms with Gasteiger partial charge in [0.15, 0.2) is 0 Å². The minimum Gasteiger partial charge on any atom is -0.311 e. The smallest absolute Gasteiger partial charge is 0.237 e. The number of fused-ring (bicyclic) bond motifs is 1. The first kappa shape index (κ1) is 13.7. The van der Waals surface area contributed by atoms with Crippen LogP contribution in [0.5, 0.6) is 0 Å². The molecule has 0 fully saturated rings. The summed E-state index contributed by atoms with van der Waals surface area (Å²) in [5.41, 5.74) is 2.34. The Labute approximate surface area is 131 Å². The maximum Gasteiger partial charge on any atom is 0.237 e. The minimum atomic E-state index is 0.177. The molecule has 0 aliphatic carbocycles. The number of amides is 1. The van der Waals surface area contributed by atoms with Crippen LogP contribution in [0.25, 0.3) is 0 Å². The normalized spacial score (nSPS) is 13.3. The highest BCUT2D eigenvalue weighted by atomic mass is 79.9. The van der Waals surface area contributed by atoms with Crippen molar-refractivity contribution in [1.29, 1.82) is 0 Å². The molecule has 102 valence electrons. The Hall–Kier alpha value is -1.26. The molecule has 1 aliphatic rings. The predicted octanol–water partition coefficient (Wildman–Crippen LogP) is 4.13. The van der Waals surface area contributed by atoms with Crippen LogP contribution in [0.3, 0.4) is 0 Å². The lowest BCUT2D eigenvalue weighted by molar-refractivity contribution is -0.116. The third-order valence-electron chi connectivity index (χ3n) is 3.38. The van der Waals surface area contributed by atoms with Crippen molar-refractivity contribution in [2.24, 2.45) is 0 Å². The highest BCUT2D eigenvalue weighted by Gasteiger charge is 2.23. The summed E-state index contributed by atoms with van der Waals surface area (Å²) in [4.78, 5) is 15.4. The molecule has 2 nitrogen and oxygen atoms in total. The van der Waals surface area contributed by atoms with Crippen molar-refractivity contribution < 1.29 is 4.79 Å². The van der Waals surface area contributed by atoms with Gasteiger partial charge in [-0.05, 0) is 46.1 Å². The number of para-hydroxylation sites is 1. The van der Waals surface area contributed by atoms with Gasteiger partial charge in [0.1, 0.15) is 0 Å². The van der Waals surface area contributed by atoms with E-state index in [0.29, 0.717) is 5.75 Å². The Morgan fingerprint density at radius 3 is 2.75 bits per heavy atom. The molecule has 0 saturated carbocycles. The van der Waals surface area contributed by atoms with Crippen molar-refractivity contribution in [3.8, 4) is 0 Å². The fourth-order valence-corrected chi connectivity index (χ4v) is 3.82. The first-order valence-corrected chi connectivity index (χ1v) is 8.29. The van der Waals surface area contributed by atoms with Crippen LogP contribution >= 0.6 is 27.7 Å². The van der Waals surface area contributed by atoms with Crippen LogP contribution in [0.1, 0.15) is 5.56 Å². The summed E-state index contributed by atoms with van der Waals surface area (Å²) >= 11 is 5.09. The average molecular weight is 348 g/mol. The van der Waals surface area contributed by atoms with Gasteiger partial charge >= 0.3 is 0 Å². The van der Waals surface area contributed by atoms with Crippen LogP contribution in [0.2, 0.25) is 0 Å². The highest BCUT2D eigenvalue weighted by molar-refractivity contribution is 9.10. The summed E-state index contributed by atoms with van der Waals surface area (Å²) in [5, 5.41) is 0. The zero-order chi connectivity index (χ0) is 13.9. The van der Waals surface area contributed by atoms with Crippen LogP contribution in [0.15, 0.2) is 57.9 Å². The summed E-state index contributed by atoms with van der Waals surface area (Å²) in [7, 11) is 0. The summed E-state index contributed by atoms with van der Waals surface area (Å²) < 4.78 is 1.04. The molecule has 0 aromatic heterocycles. The maximum atomic E-state index is 12.4. The number of rotatable bonds is 3. The van der Waals surface area contributed by atoms with Crippen LogP contribution < -0.4 is 4.90 Å². The maximum absolute atomic E-state index is 12.4. The first-order chi connectivity index (χ1) is 9.75. The molecule has 0 atom stereocenters. The van der Waals surface area contributed by atoms with E-state index >= 15 is 0 Å². The Balaban J connectivity index is 1.68. The number of halogens is 1. The van der Waals surface area contributed by atoms with Gasteiger partial charge in [0.05, 0.1) is 5.75 Å². The van der Waals surface area contributed by atoms with Gasteiger partial charge in [-0.15, -0.1) is 11.8 Å². The van der Waals surface area contributed by atoms with Gasteiger partial charge in [-0.1, -0.05) is 30.3 Å². The predicted molar refractivity (Wildman–Crippen MR) is 87.4 cm³/mol. The third-order valence-corrected chi connectivity index (χ3v) is 5.39. The Bertz CT molecular complexity index is 644. The molecule has 2 aromatic carbocycles. The van der Waals surface area contributed by atoms with Crippen LogP contribution in [0.4, 0.5) is 5.69 Å². The second kappa shape index (κ2) is 6.02. The summed E-state index contributed by atoms with van der Waals surface area (Å²) in [6, 6.07) is 16.1. The van der Waals surface area contributed by atoms with E-state index in [4.69, 9.17) is 0 Å². The SMILES string of the molecule is O=C(CSc1ccccc1Br)N1CCc2ccccc21. The van der Waals surface area contributed by atoms with Crippen LogP contribution in [0, 0.1) is 0 Å². The van der Waals surface area contributed by atoms with Gasteiger partial charge in [-0.25, -0.2) is 0 Å². The number of benzene rings is 2. The van der Waals surface area contributed by atoms with Crippen molar-refractivity contribution in [3.05, 3.63) is 58.6 Å². The topological polar surface area (TPSA) is 20.3 Å². The van der Waals surface area contributed by atoms with Gasteiger partial charge in [-0.3, -0.25) is 4.79 Å². The van der Waals surface area contributed by atoms with Gasteiger partial charge in [0.25, 0.3) is 0 Å². The van der Waals surface area contributed by atoms with Gasteiger partial charge in [0.2, 0.25) is 5.91 Å². The second-order valence-electron chi connectivity index (χ2n) is 4.64. The molecule has 3 rings (SSSR count). The lowest BCUT2D eigenvalue weighted by Crippen LogP contribution is -2.30. The molecule has 4 heteroatoms. The van der Waals surface area contributed by atoms with Crippen LogP contribution in [-0.2, 0) is 11.2 Å². The molecule has 1 amide bonds. The minimum absolute atomic E-state index is 0.177. The van der Waals surface area contributed by atoms with Crippen molar-refractivity contribution in [2.45, 2.75) is 11.3 Å². The van der Waals surface area contributed by atoms with E-state index in [9.17, 15) is 4.79 Å². The Morgan fingerprint density at radius 1 is 1.15 bits per heavy atom. The Kier molecular flexibility index (Phi) is 4.13. The molecular weight excluding hydrogens is 334 g/mol. The van der Waals surface area contributed by atoms with Crippen molar-refractivity contribution in [2.75, 3.05) is 17.2 Å². The number of carbonyl (C=O) groups excluding carboxylic acids is 1. The lowest BCUT2D eigenvalue weighted by atomic mass is 10.2. The summed E-state index contributed by atoms with van der Waals surface area (Å²) in [6.07, 6.45) is 0.960. The van der Waals surface area contributed by atoms with Gasteiger partial charge in [0, 0.05) is 21.6 Å². The zero-order valence-electron chi connectivity index (χ0n) is 10.9. The highest BCUT2D eigenvalue weighted by Crippen LogP contribution is 2.30. The van der Waals surface area contributed by atoms with Crippen LogP contribution in [-0.4, -0.2) is 18.2 Å². The fraction of sp³-hybridized carbons (Fsp3) is 0.188. The monoisotopic (exact) mass is 347 g/mol. The van der Waals surface area contributed by atoms with E-state index in [0.717, 1.165) is 28.0 Å². The average Bonchev–Trinajstić information content (AvgIpc) is 2.90. The molecule has 0 spiro atoms. The number of anilines is 1. The molecule has 0 radical (unpaired) electrons. The number of hydrogen-bond acceptors (Lipinski definition) is 2. The van der Waals surface area contributed by atoms with E-state index in [2.05, 4.69) is 22.0 Å². The van der Waals surface area contributed by atoms with E-state index < -0.39 is 0 Å². The summed E-state index contributed by atoms with van der Waals surface area (Å²) in [5.74, 6) is 0.646. The van der Waals surface area contributed by atoms with E-state index in [1.54, 1.807) is 11.8 Å². The fourth-order valence-electron chi connectivity index (χ4n) is 2.38. The number of carbonyl (C=O) groups is 1. The number of thioether (sulfide) groups is 1. The first-order valence-electron chi connectivity index (χ1n) is 6.51. The molecule has 20 heavy (non-hydrogen) atoms. The van der Waals surface area contributed by atoms with Crippen molar-refractivity contribution in [1.82, 2.24) is 0 Å². The molecule has 0 unspecified atom stereocenters. The molecule has 0 bridgehead atoms. The lowest BCUT2D eigenvalue weighted by Gasteiger charge is -2.17. The van der Waals surface area contributed by atoms with Crippen molar-refractivity contribution in [3.63, 3.8) is 0 Å². The molecule has 2 aromatic rings. The Morgan fingerprint density at radius 2 is 1.90 bits per heavy atom. The quantitative estimate of drug-likeness (QED) is 0.778. The van der Waals surface area contributed by atoms with Gasteiger partial charge in [-0.2, -0.15) is 0 Å². The standard InChI is InChI=1S/C16H14BrNOS/c17-13-6-2-4-8-15(13)20-11-16(19)18-10-9-12-5-1-3-7-14(12)18/h1-8H,9-11H2. The number of hydrogen-bond donors (Lipinski definition) is 0. The molecule has 0 saturated heterocycles. The molecule has 1 aliphatic heterocycles. The van der Waals surface area contributed by atoms with E-state index in [1.165, 1.54) is 5.56 Å². The largest absolute Gasteiger partial charge is 0.311 e. The zero-order valence-corrected chi connectivity index (χ0v) is 13.3. The van der Waals surface area contributed by atoms with Crippen molar-refractivity contribution >= 4 is 39.3 Å².